The molecule has 0 N–H and O–H groups in total. The topological polar surface area (TPSA) is 86.7 Å². The van der Waals surface area contributed by atoms with Gasteiger partial charge < -0.3 is 9.47 Å². The largest absolute Gasteiger partial charge is 0.460 e. The molecule has 6 nitrogen and oxygen atoms in total. The highest BCUT2D eigenvalue weighted by atomic mass is 32.2. The molecule has 1 rings (SSSR count). The fourth-order valence-corrected chi connectivity index (χ4v) is 2.39. The van der Waals surface area contributed by atoms with Crippen molar-refractivity contribution in [2.24, 2.45) is 0 Å². The molecule has 0 spiro atoms. The van der Waals surface area contributed by atoms with Gasteiger partial charge in [-0.3, -0.25) is 9.59 Å². The van der Waals surface area contributed by atoms with E-state index in [1.807, 2.05) is 0 Å². The highest BCUT2D eigenvalue weighted by Gasteiger charge is 2.28. The molecule has 0 saturated heterocycles. The fourth-order valence-electron chi connectivity index (χ4n) is 1.13. The molecule has 1 aliphatic heterocycles. The van der Waals surface area contributed by atoms with E-state index in [0.29, 0.717) is 0 Å². The summed E-state index contributed by atoms with van der Waals surface area (Å²) in [4.78, 5) is 21.1. The Bertz CT molecular complexity index is 457. The van der Waals surface area contributed by atoms with Crippen LogP contribution in [0.15, 0.2) is 22.0 Å². The Balaban J connectivity index is 2.66. The van der Waals surface area contributed by atoms with Crippen molar-refractivity contribution in [3.63, 3.8) is 0 Å². The fraction of sp³-hybridized carbons (Fsp3) is 0.400. The standard InChI is InChI=1S/C10H12O6S/c1-7(11)15-5-9-3-4-10(17(9,13)14)6-16-8(2)12/h3-4H,5-6H2,1-2H3. The van der Waals surface area contributed by atoms with Gasteiger partial charge in [0, 0.05) is 13.8 Å². The molecule has 0 bridgehead atoms. The Hall–Kier alpha value is -1.63. The third kappa shape index (κ3) is 3.42. The summed E-state index contributed by atoms with van der Waals surface area (Å²) in [6.07, 6.45) is 2.66. The van der Waals surface area contributed by atoms with E-state index in [0.717, 1.165) is 0 Å². The first-order valence-electron chi connectivity index (χ1n) is 4.75. The normalized spacial score (nSPS) is 17.1. The Morgan fingerprint density at radius 3 is 1.65 bits per heavy atom. The minimum atomic E-state index is -3.65. The van der Waals surface area contributed by atoms with Crippen molar-refractivity contribution in [2.45, 2.75) is 13.8 Å². The van der Waals surface area contributed by atoms with Crippen LogP contribution in [0.25, 0.3) is 0 Å². The summed E-state index contributed by atoms with van der Waals surface area (Å²) in [5.41, 5.74) is 0. The van der Waals surface area contributed by atoms with E-state index < -0.39 is 21.8 Å². The summed E-state index contributed by atoms with van der Waals surface area (Å²) in [5, 5.41) is 0. The molecular formula is C10H12O6S. The van der Waals surface area contributed by atoms with Crippen molar-refractivity contribution >= 4 is 21.8 Å². The highest BCUT2D eigenvalue weighted by Crippen LogP contribution is 2.24. The van der Waals surface area contributed by atoms with Crippen molar-refractivity contribution in [1.82, 2.24) is 0 Å². The van der Waals surface area contributed by atoms with Gasteiger partial charge in [-0.25, -0.2) is 8.42 Å². The first-order chi connectivity index (χ1) is 7.84. The number of rotatable bonds is 4. The molecule has 0 saturated carbocycles. The van der Waals surface area contributed by atoms with Gasteiger partial charge in [-0.1, -0.05) is 0 Å². The minimum absolute atomic E-state index is 0.0187. The molecule has 0 fully saturated rings. The number of allylic oxidation sites excluding steroid dienone is 2. The van der Waals surface area contributed by atoms with Crippen LogP contribution < -0.4 is 0 Å². The molecule has 1 heterocycles. The molecule has 0 amide bonds. The number of carbonyl (C=O) groups excluding carboxylic acids is 2. The van der Waals surface area contributed by atoms with Crippen LogP contribution in [0.5, 0.6) is 0 Å². The molecule has 94 valence electrons. The second-order valence-corrected chi connectivity index (χ2v) is 5.39. The van der Waals surface area contributed by atoms with Crippen LogP contribution in [-0.2, 0) is 28.9 Å². The molecule has 0 aromatic heterocycles. The number of hydrogen-bond acceptors (Lipinski definition) is 6. The lowest BCUT2D eigenvalue weighted by Gasteiger charge is -2.07. The Kier molecular flexibility index (Phi) is 4.06. The van der Waals surface area contributed by atoms with E-state index >= 15 is 0 Å². The van der Waals surface area contributed by atoms with E-state index in [4.69, 9.17) is 0 Å². The van der Waals surface area contributed by atoms with Gasteiger partial charge in [-0.2, -0.15) is 0 Å². The van der Waals surface area contributed by atoms with E-state index in [1.54, 1.807) is 0 Å². The molecule has 0 aromatic rings. The van der Waals surface area contributed by atoms with Crippen LogP contribution in [0.2, 0.25) is 0 Å². The second-order valence-electron chi connectivity index (χ2n) is 3.33. The van der Waals surface area contributed by atoms with Crippen molar-refractivity contribution in [1.29, 1.82) is 0 Å². The van der Waals surface area contributed by atoms with Gasteiger partial charge in [-0.05, 0) is 12.2 Å². The van der Waals surface area contributed by atoms with Crippen molar-refractivity contribution < 1.29 is 27.5 Å². The third-order valence-corrected chi connectivity index (χ3v) is 3.87. The quantitative estimate of drug-likeness (QED) is 0.676. The molecule has 1 aliphatic rings. The van der Waals surface area contributed by atoms with Crippen molar-refractivity contribution in [3.8, 4) is 0 Å². The lowest BCUT2D eigenvalue weighted by Crippen LogP contribution is -2.14. The zero-order chi connectivity index (χ0) is 13.1. The number of sulfone groups is 1. The summed E-state index contributed by atoms with van der Waals surface area (Å²) >= 11 is 0. The molecule has 0 unspecified atom stereocenters. The molecule has 7 heteroatoms. The lowest BCUT2D eigenvalue weighted by molar-refractivity contribution is -0.140. The highest BCUT2D eigenvalue weighted by molar-refractivity contribution is 7.99. The van der Waals surface area contributed by atoms with Crippen LogP contribution >= 0.6 is 0 Å². The summed E-state index contributed by atoms with van der Waals surface area (Å²) < 4.78 is 32.8. The van der Waals surface area contributed by atoms with Gasteiger partial charge in [0.1, 0.15) is 13.2 Å². The predicted molar refractivity (Wildman–Crippen MR) is 58.4 cm³/mol. The minimum Gasteiger partial charge on any atom is -0.460 e. The number of carbonyl (C=O) groups is 2. The van der Waals surface area contributed by atoms with E-state index in [1.165, 1.54) is 26.0 Å². The first kappa shape index (κ1) is 13.4. The van der Waals surface area contributed by atoms with Crippen LogP contribution in [-0.4, -0.2) is 33.6 Å². The van der Waals surface area contributed by atoms with Gasteiger partial charge in [0.15, 0.2) is 0 Å². The molecule has 0 atom stereocenters. The summed E-state index contributed by atoms with van der Waals surface area (Å²) in [6.45, 7) is 1.76. The summed E-state index contributed by atoms with van der Waals surface area (Å²) in [7, 11) is -3.65. The predicted octanol–water partition coefficient (Wildman–Crippen LogP) is 0.309. The first-order valence-corrected chi connectivity index (χ1v) is 6.24. The molecule has 17 heavy (non-hydrogen) atoms. The Labute approximate surface area is 98.8 Å². The zero-order valence-electron chi connectivity index (χ0n) is 9.43. The molecule has 0 aromatic carbocycles. The van der Waals surface area contributed by atoms with Gasteiger partial charge in [0.05, 0.1) is 9.81 Å². The third-order valence-electron chi connectivity index (χ3n) is 1.98. The van der Waals surface area contributed by atoms with E-state index in [-0.39, 0.29) is 23.0 Å². The van der Waals surface area contributed by atoms with Crippen LogP contribution in [0.1, 0.15) is 13.8 Å². The molecule has 0 radical (unpaired) electrons. The van der Waals surface area contributed by atoms with Crippen LogP contribution in [0.4, 0.5) is 0 Å². The van der Waals surface area contributed by atoms with Gasteiger partial charge >= 0.3 is 11.9 Å². The van der Waals surface area contributed by atoms with E-state index in [9.17, 15) is 18.0 Å². The van der Waals surface area contributed by atoms with E-state index in [2.05, 4.69) is 9.47 Å². The Morgan fingerprint density at radius 2 is 1.35 bits per heavy atom. The van der Waals surface area contributed by atoms with Crippen LogP contribution in [0, 0.1) is 0 Å². The monoisotopic (exact) mass is 260 g/mol. The molecule has 0 aliphatic carbocycles. The van der Waals surface area contributed by atoms with Crippen molar-refractivity contribution in [3.05, 3.63) is 22.0 Å². The zero-order valence-corrected chi connectivity index (χ0v) is 10.2. The van der Waals surface area contributed by atoms with Gasteiger partial charge in [-0.15, -0.1) is 0 Å². The van der Waals surface area contributed by atoms with Crippen molar-refractivity contribution in [2.75, 3.05) is 13.2 Å². The summed E-state index contributed by atoms with van der Waals surface area (Å²) in [6, 6.07) is 0. The maximum absolute atomic E-state index is 11.8. The number of esters is 2. The number of hydrogen-bond donors (Lipinski definition) is 0. The second kappa shape index (κ2) is 5.13. The number of ether oxygens (including phenoxy) is 2. The SMILES string of the molecule is CC(=O)OCC1=CC=C(COC(C)=O)S1(=O)=O. The lowest BCUT2D eigenvalue weighted by atomic mass is 10.4. The molecular weight excluding hydrogens is 248 g/mol. The van der Waals surface area contributed by atoms with Crippen LogP contribution in [0.3, 0.4) is 0 Å². The Morgan fingerprint density at radius 1 is 1.00 bits per heavy atom. The summed E-state index contributed by atoms with van der Waals surface area (Å²) in [5.74, 6) is -1.12. The smallest absolute Gasteiger partial charge is 0.302 e. The maximum atomic E-state index is 11.8. The maximum Gasteiger partial charge on any atom is 0.302 e. The average molecular weight is 260 g/mol. The van der Waals surface area contributed by atoms with Gasteiger partial charge in [0.25, 0.3) is 0 Å². The average Bonchev–Trinajstić information content (AvgIpc) is 2.47. The van der Waals surface area contributed by atoms with Gasteiger partial charge in [0.2, 0.25) is 9.84 Å².